The Labute approximate surface area is 417 Å². The number of rotatable bonds is 10. The van der Waals surface area contributed by atoms with Crippen molar-refractivity contribution in [2.75, 3.05) is 0 Å². The van der Waals surface area contributed by atoms with Crippen molar-refractivity contribution in [2.24, 2.45) is 0 Å². The molecule has 338 valence electrons. The van der Waals surface area contributed by atoms with Crippen LogP contribution in [0.1, 0.15) is 31.8 Å². The number of carbonyl (C=O) groups excluding carboxylic acids is 2. The van der Waals surface area contributed by atoms with E-state index in [0.717, 1.165) is 77.9 Å². The molecule has 0 aliphatic rings. The Morgan fingerprint density at radius 2 is 0.528 bits per heavy atom. The lowest BCUT2D eigenvalue weighted by Crippen LogP contribution is -2.02. The Morgan fingerprint density at radius 1 is 0.236 bits per heavy atom. The molecule has 0 spiro atoms. The molecule has 0 saturated carbocycles. The van der Waals surface area contributed by atoms with Crippen LogP contribution in [0.3, 0.4) is 0 Å². The number of hydrogen-bond donors (Lipinski definition) is 0. The van der Waals surface area contributed by atoms with Crippen LogP contribution >= 0.6 is 0 Å². The van der Waals surface area contributed by atoms with E-state index >= 15 is 0 Å². The van der Waals surface area contributed by atoms with Gasteiger partial charge in [0.25, 0.3) is 0 Å². The number of ketones is 2. The quantitative estimate of drug-likeness (QED) is 0.128. The van der Waals surface area contributed by atoms with Crippen LogP contribution in [0.4, 0.5) is 0 Å². The van der Waals surface area contributed by atoms with E-state index in [4.69, 9.17) is 0 Å². The zero-order valence-corrected chi connectivity index (χ0v) is 39.1. The van der Waals surface area contributed by atoms with Gasteiger partial charge in [-0.2, -0.15) is 0 Å². The maximum Gasteiger partial charge on any atom is 0.193 e. The molecule has 2 aromatic heterocycles. The average molecular weight is 921 g/mol. The van der Waals surface area contributed by atoms with Crippen molar-refractivity contribution in [1.82, 2.24) is 9.13 Å². The van der Waals surface area contributed by atoms with Crippen molar-refractivity contribution in [1.29, 1.82) is 0 Å². The second-order valence-electron chi connectivity index (χ2n) is 18.3. The van der Waals surface area contributed by atoms with Crippen LogP contribution in [0.2, 0.25) is 0 Å². The fraction of sp³-hybridized carbons (Fsp3) is 0. The Hall–Kier alpha value is -9.64. The molecular weight excluding hydrogens is 877 g/mol. The van der Waals surface area contributed by atoms with Gasteiger partial charge in [-0.15, -0.1) is 0 Å². The minimum absolute atomic E-state index is 0.0353. The predicted octanol–water partition coefficient (Wildman–Crippen LogP) is 17.0. The van der Waals surface area contributed by atoms with Gasteiger partial charge in [-0.25, -0.2) is 0 Å². The van der Waals surface area contributed by atoms with Gasteiger partial charge in [-0.1, -0.05) is 194 Å². The molecule has 0 atom stereocenters. The molecule has 4 nitrogen and oxygen atoms in total. The standard InChI is InChI=1S/C68H44N2O2/c71-67(47-17-3-1-4-18-47)51-23-15-21-49(41-51)61-43-60(46-35-39-54(40-36-46)70-65-31-13-9-27-57(65)58-28-10-14-32-66(58)70)62(50-22-16-24-52(42-50)68(72)48-19-5-2-6-20-48)44-59(61)45-33-37-53(38-34-45)69-63-29-11-7-25-55(63)56-26-8-12-30-64(56)69/h1-44H. The Morgan fingerprint density at radius 3 is 0.875 bits per heavy atom. The summed E-state index contributed by atoms with van der Waals surface area (Å²) in [4.78, 5) is 28.2. The van der Waals surface area contributed by atoms with E-state index in [-0.39, 0.29) is 11.6 Å². The molecule has 11 aromatic carbocycles. The maximum atomic E-state index is 14.1. The Balaban J connectivity index is 1.02. The SMILES string of the molecule is O=C(c1ccccc1)c1cccc(-c2cc(-c3ccc(-n4c5ccccc5c5ccccc54)cc3)c(-c3cccc(C(=O)c4ccccc4)c3)cc2-c2ccc(-n3c4ccccc4c4ccccc43)cc2)c1. The van der Waals surface area contributed by atoms with Crippen molar-refractivity contribution < 1.29 is 9.59 Å². The van der Waals surface area contributed by atoms with Gasteiger partial charge < -0.3 is 9.13 Å². The van der Waals surface area contributed by atoms with Gasteiger partial charge in [0.05, 0.1) is 22.1 Å². The van der Waals surface area contributed by atoms with Gasteiger partial charge in [0.15, 0.2) is 11.6 Å². The minimum atomic E-state index is -0.0353. The number of fused-ring (bicyclic) bond motifs is 6. The number of benzene rings is 11. The molecule has 13 aromatic rings. The molecule has 0 amide bonds. The number of hydrogen-bond acceptors (Lipinski definition) is 2. The first-order chi connectivity index (χ1) is 35.6. The summed E-state index contributed by atoms with van der Waals surface area (Å²) in [5, 5.41) is 4.84. The summed E-state index contributed by atoms with van der Waals surface area (Å²) >= 11 is 0. The molecule has 0 aliphatic heterocycles. The fourth-order valence-electron chi connectivity index (χ4n) is 10.7. The van der Waals surface area contributed by atoms with Crippen molar-refractivity contribution in [3.05, 3.63) is 289 Å². The molecular formula is C68H44N2O2. The van der Waals surface area contributed by atoms with Crippen LogP contribution in [0.25, 0.3) is 99.5 Å². The first kappa shape index (κ1) is 42.5. The lowest BCUT2D eigenvalue weighted by atomic mass is 9.84. The van der Waals surface area contributed by atoms with Gasteiger partial charge in [0.1, 0.15) is 0 Å². The van der Waals surface area contributed by atoms with Crippen LogP contribution < -0.4 is 0 Å². The second kappa shape index (κ2) is 17.7. The molecule has 0 radical (unpaired) electrons. The molecule has 0 N–H and O–H groups in total. The number of para-hydroxylation sites is 4. The number of aromatic nitrogens is 2. The second-order valence-corrected chi connectivity index (χ2v) is 18.3. The van der Waals surface area contributed by atoms with E-state index < -0.39 is 0 Å². The first-order valence-corrected chi connectivity index (χ1v) is 24.3. The minimum Gasteiger partial charge on any atom is -0.309 e. The summed E-state index contributed by atoms with van der Waals surface area (Å²) in [6, 6.07) is 91.4. The largest absolute Gasteiger partial charge is 0.309 e. The van der Waals surface area contributed by atoms with Crippen molar-refractivity contribution in [3.63, 3.8) is 0 Å². The maximum absolute atomic E-state index is 14.1. The van der Waals surface area contributed by atoms with E-state index in [2.05, 4.69) is 179 Å². The molecule has 72 heavy (non-hydrogen) atoms. The van der Waals surface area contributed by atoms with Gasteiger partial charge in [-0.05, 0) is 117 Å². The van der Waals surface area contributed by atoms with E-state index in [1.165, 1.54) is 21.5 Å². The van der Waals surface area contributed by atoms with Gasteiger partial charge in [0, 0.05) is 55.2 Å². The van der Waals surface area contributed by atoms with E-state index in [1.807, 2.05) is 97.1 Å². The summed E-state index contributed by atoms with van der Waals surface area (Å²) in [6.45, 7) is 0. The third-order valence-electron chi connectivity index (χ3n) is 14.1. The molecule has 13 rings (SSSR count). The van der Waals surface area contributed by atoms with Crippen molar-refractivity contribution in [3.8, 4) is 55.9 Å². The highest BCUT2D eigenvalue weighted by Gasteiger charge is 2.21. The van der Waals surface area contributed by atoms with E-state index in [9.17, 15) is 9.59 Å². The molecule has 0 unspecified atom stereocenters. The highest BCUT2D eigenvalue weighted by atomic mass is 16.1. The molecule has 0 bridgehead atoms. The fourth-order valence-corrected chi connectivity index (χ4v) is 10.7. The molecule has 4 heteroatoms. The van der Waals surface area contributed by atoms with Crippen molar-refractivity contribution >= 4 is 55.2 Å². The number of nitrogens with zero attached hydrogens (tertiary/aromatic N) is 2. The third kappa shape index (κ3) is 7.33. The van der Waals surface area contributed by atoms with Crippen LogP contribution in [0, 0.1) is 0 Å². The third-order valence-corrected chi connectivity index (χ3v) is 14.1. The van der Waals surface area contributed by atoms with Gasteiger partial charge >= 0.3 is 0 Å². The summed E-state index contributed by atoms with van der Waals surface area (Å²) in [7, 11) is 0. The summed E-state index contributed by atoms with van der Waals surface area (Å²) in [5.41, 5.74) is 17.0. The van der Waals surface area contributed by atoms with E-state index in [0.29, 0.717) is 22.3 Å². The van der Waals surface area contributed by atoms with Crippen molar-refractivity contribution in [2.45, 2.75) is 0 Å². The highest BCUT2D eigenvalue weighted by molar-refractivity contribution is 6.12. The summed E-state index contributed by atoms with van der Waals surface area (Å²) in [6.07, 6.45) is 0. The van der Waals surface area contributed by atoms with Crippen LogP contribution in [-0.2, 0) is 0 Å². The molecule has 0 saturated heterocycles. The average Bonchev–Trinajstić information content (AvgIpc) is 3.98. The Bertz CT molecular complexity index is 3840. The zero-order chi connectivity index (χ0) is 48.1. The van der Waals surface area contributed by atoms with Crippen LogP contribution in [0.5, 0.6) is 0 Å². The molecule has 2 heterocycles. The first-order valence-electron chi connectivity index (χ1n) is 24.3. The lowest BCUT2D eigenvalue weighted by molar-refractivity contribution is 0.103. The van der Waals surface area contributed by atoms with E-state index in [1.54, 1.807) is 0 Å². The molecule has 0 aliphatic carbocycles. The highest BCUT2D eigenvalue weighted by Crippen LogP contribution is 2.44. The topological polar surface area (TPSA) is 44.0 Å². The zero-order valence-electron chi connectivity index (χ0n) is 39.1. The number of carbonyl (C=O) groups is 2. The lowest BCUT2D eigenvalue weighted by Gasteiger charge is -2.20. The van der Waals surface area contributed by atoms with Crippen LogP contribution in [-0.4, -0.2) is 20.7 Å². The smallest absolute Gasteiger partial charge is 0.193 e. The molecule has 0 fully saturated rings. The predicted molar refractivity (Wildman–Crippen MR) is 297 cm³/mol. The Kier molecular flexibility index (Phi) is 10.4. The summed E-state index contributed by atoms with van der Waals surface area (Å²) < 4.78 is 4.67. The normalized spacial score (nSPS) is 11.4. The van der Waals surface area contributed by atoms with Gasteiger partial charge in [-0.3, -0.25) is 9.59 Å². The van der Waals surface area contributed by atoms with Gasteiger partial charge in [0.2, 0.25) is 0 Å². The summed E-state index contributed by atoms with van der Waals surface area (Å²) in [5.74, 6) is -0.0705. The monoisotopic (exact) mass is 920 g/mol. The van der Waals surface area contributed by atoms with Crippen LogP contribution in [0.15, 0.2) is 267 Å².